The van der Waals surface area contributed by atoms with Crippen LogP contribution in [-0.2, 0) is 16.1 Å². The van der Waals surface area contributed by atoms with E-state index in [9.17, 15) is 4.79 Å². The first-order valence-corrected chi connectivity index (χ1v) is 9.33. The molecular weight excluding hydrogens is 314 g/mol. The van der Waals surface area contributed by atoms with E-state index in [0.29, 0.717) is 19.7 Å². The second kappa shape index (κ2) is 6.17. The molecule has 1 saturated heterocycles. The van der Waals surface area contributed by atoms with Crippen LogP contribution in [0.5, 0.6) is 0 Å². The molecule has 0 radical (unpaired) electrons. The minimum absolute atomic E-state index is 0.0767. The molecule has 1 fully saturated rings. The zero-order valence-corrected chi connectivity index (χ0v) is 15.4. The molecule has 4 heteroatoms. The Morgan fingerprint density at radius 2 is 2.12 bits per heavy atom. The van der Waals surface area contributed by atoms with Gasteiger partial charge in [0.2, 0.25) is 0 Å². The van der Waals surface area contributed by atoms with Crippen molar-refractivity contribution in [3.05, 3.63) is 41.0 Å². The normalized spacial score (nSPS) is 25.4. The van der Waals surface area contributed by atoms with Gasteiger partial charge in [-0.05, 0) is 62.3 Å². The lowest BCUT2D eigenvalue weighted by atomic mass is 9.85. The molecule has 2 aliphatic heterocycles. The summed E-state index contributed by atoms with van der Waals surface area (Å²) in [4.78, 5) is 14.2. The van der Waals surface area contributed by atoms with Crippen LogP contribution >= 0.6 is 0 Å². The highest BCUT2D eigenvalue weighted by atomic mass is 16.6. The van der Waals surface area contributed by atoms with E-state index in [1.165, 1.54) is 35.1 Å². The Kier molecular flexibility index (Phi) is 4.11. The molecule has 0 N–H and O–H groups in total. The summed E-state index contributed by atoms with van der Waals surface area (Å²) in [6.45, 7) is 7.65. The third-order valence-electron chi connectivity index (χ3n) is 5.36. The lowest BCUT2D eigenvalue weighted by Gasteiger charge is -2.29. The van der Waals surface area contributed by atoms with Crippen LogP contribution in [0.25, 0.3) is 5.57 Å². The van der Waals surface area contributed by atoms with E-state index in [2.05, 4.69) is 24.3 Å². The van der Waals surface area contributed by atoms with E-state index in [4.69, 9.17) is 9.47 Å². The number of hydrogen-bond acceptors (Lipinski definition) is 3. The second-order valence-electron chi connectivity index (χ2n) is 8.34. The Balaban J connectivity index is 1.58. The largest absolute Gasteiger partial charge is 0.444 e. The average molecular weight is 341 g/mol. The second-order valence-corrected chi connectivity index (χ2v) is 8.34. The van der Waals surface area contributed by atoms with Gasteiger partial charge < -0.3 is 14.4 Å². The number of ether oxygens (including phenoxy) is 2. The van der Waals surface area contributed by atoms with Crippen molar-refractivity contribution >= 4 is 11.7 Å². The summed E-state index contributed by atoms with van der Waals surface area (Å²) in [7, 11) is 0. The minimum atomic E-state index is -0.467. The molecule has 134 valence electrons. The molecule has 25 heavy (non-hydrogen) atoms. The number of rotatable bonds is 1. The van der Waals surface area contributed by atoms with Crippen LogP contribution in [-0.4, -0.2) is 35.8 Å². The summed E-state index contributed by atoms with van der Waals surface area (Å²) in [6, 6.07) is 6.60. The molecule has 0 saturated carbocycles. The Labute approximate surface area is 149 Å². The Morgan fingerprint density at radius 1 is 1.28 bits per heavy atom. The summed E-state index contributed by atoms with van der Waals surface area (Å²) in [5.41, 5.74) is 5.02. The van der Waals surface area contributed by atoms with E-state index in [-0.39, 0.29) is 18.1 Å². The highest BCUT2D eigenvalue weighted by molar-refractivity contribution is 5.72. The maximum Gasteiger partial charge on any atom is 0.410 e. The lowest BCUT2D eigenvalue weighted by molar-refractivity contribution is 0.0126. The number of hydrogen-bond donors (Lipinski definition) is 0. The van der Waals surface area contributed by atoms with Gasteiger partial charge in [0.25, 0.3) is 0 Å². The van der Waals surface area contributed by atoms with Crippen molar-refractivity contribution in [2.24, 2.45) is 0 Å². The van der Waals surface area contributed by atoms with Crippen molar-refractivity contribution in [3.8, 4) is 0 Å². The number of allylic oxidation sites excluding steroid dienone is 2. The van der Waals surface area contributed by atoms with Gasteiger partial charge in [-0.25, -0.2) is 4.79 Å². The Bertz CT molecular complexity index is 716. The summed E-state index contributed by atoms with van der Waals surface area (Å²) in [5.74, 6) is 0.248. The van der Waals surface area contributed by atoms with Gasteiger partial charge in [-0.2, -0.15) is 0 Å². The van der Waals surface area contributed by atoms with Crippen molar-refractivity contribution in [2.75, 3.05) is 13.1 Å². The maximum atomic E-state index is 12.4. The molecule has 0 bridgehead atoms. The molecule has 1 aliphatic carbocycles. The quantitative estimate of drug-likeness (QED) is 0.755. The predicted molar refractivity (Wildman–Crippen MR) is 97.4 cm³/mol. The van der Waals surface area contributed by atoms with Gasteiger partial charge >= 0.3 is 6.09 Å². The Hall–Kier alpha value is -1.81. The SMILES string of the molecule is CC(C)(C)OC(=O)N1CC2OCc3c(C4=CCCC4)cccc3C2C1. The first kappa shape index (κ1) is 16.6. The van der Waals surface area contributed by atoms with Gasteiger partial charge in [0.1, 0.15) is 5.60 Å². The summed E-state index contributed by atoms with van der Waals surface area (Å²) in [6.07, 6.45) is 5.80. The van der Waals surface area contributed by atoms with Gasteiger partial charge in [0.05, 0.1) is 19.3 Å². The predicted octanol–water partition coefficient (Wildman–Crippen LogP) is 4.49. The van der Waals surface area contributed by atoms with Crippen LogP contribution < -0.4 is 0 Å². The number of likely N-dealkylation sites (tertiary alicyclic amines) is 1. The molecule has 1 amide bonds. The van der Waals surface area contributed by atoms with Crippen molar-refractivity contribution in [1.82, 2.24) is 4.90 Å². The smallest absolute Gasteiger partial charge is 0.410 e. The zero-order valence-electron chi connectivity index (χ0n) is 15.4. The molecule has 4 rings (SSSR count). The highest BCUT2D eigenvalue weighted by Gasteiger charge is 2.42. The van der Waals surface area contributed by atoms with E-state index >= 15 is 0 Å². The fraction of sp³-hybridized carbons (Fsp3) is 0.571. The van der Waals surface area contributed by atoms with Crippen molar-refractivity contribution in [2.45, 2.75) is 64.3 Å². The van der Waals surface area contributed by atoms with Crippen LogP contribution in [0.4, 0.5) is 4.79 Å². The maximum absolute atomic E-state index is 12.4. The summed E-state index contributed by atoms with van der Waals surface area (Å²) >= 11 is 0. The lowest BCUT2D eigenvalue weighted by Crippen LogP contribution is -2.36. The van der Waals surface area contributed by atoms with Crippen LogP contribution in [0, 0.1) is 0 Å². The topological polar surface area (TPSA) is 38.8 Å². The molecule has 1 aromatic carbocycles. The van der Waals surface area contributed by atoms with E-state index in [1.54, 1.807) is 4.90 Å². The summed E-state index contributed by atoms with van der Waals surface area (Å²) < 4.78 is 11.7. The highest BCUT2D eigenvalue weighted by Crippen LogP contribution is 2.41. The van der Waals surface area contributed by atoms with Crippen molar-refractivity contribution in [3.63, 3.8) is 0 Å². The first-order valence-electron chi connectivity index (χ1n) is 9.33. The molecule has 2 heterocycles. The number of benzene rings is 1. The third-order valence-corrected chi connectivity index (χ3v) is 5.36. The monoisotopic (exact) mass is 341 g/mol. The molecule has 2 atom stereocenters. The fourth-order valence-corrected chi connectivity index (χ4v) is 4.24. The molecule has 2 unspecified atom stereocenters. The van der Waals surface area contributed by atoms with Gasteiger partial charge in [-0.15, -0.1) is 0 Å². The van der Waals surface area contributed by atoms with Gasteiger partial charge in [0, 0.05) is 12.5 Å². The minimum Gasteiger partial charge on any atom is -0.444 e. The van der Waals surface area contributed by atoms with Crippen LogP contribution in [0.3, 0.4) is 0 Å². The molecule has 1 aromatic rings. The Morgan fingerprint density at radius 3 is 2.84 bits per heavy atom. The number of carbonyl (C=O) groups is 1. The van der Waals surface area contributed by atoms with Crippen LogP contribution in [0.1, 0.15) is 62.6 Å². The first-order chi connectivity index (χ1) is 11.9. The molecular formula is C21H27NO3. The van der Waals surface area contributed by atoms with Gasteiger partial charge in [-0.1, -0.05) is 24.3 Å². The van der Waals surface area contributed by atoms with Gasteiger partial charge in [0.15, 0.2) is 0 Å². The number of nitrogens with zero attached hydrogens (tertiary/aromatic N) is 1. The van der Waals surface area contributed by atoms with Crippen LogP contribution in [0.2, 0.25) is 0 Å². The number of amides is 1. The van der Waals surface area contributed by atoms with Crippen molar-refractivity contribution < 1.29 is 14.3 Å². The summed E-state index contributed by atoms with van der Waals surface area (Å²) in [5, 5.41) is 0. The molecule has 0 aromatic heterocycles. The van der Waals surface area contributed by atoms with E-state index in [1.807, 2.05) is 20.8 Å². The molecule has 4 nitrogen and oxygen atoms in total. The number of carbonyl (C=O) groups excluding carboxylic acids is 1. The fourth-order valence-electron chi connectivity index (χ4n) is 4.24. The van der Waals surface area contributed by atoms with E-state index < -0.39 is 5.60 Å². The van der Waals surface area contributed by atoms with Crippen LogP contribution in [0.15, 0.2) is 24.3 Å². The molecule has 3 aliphatic rings. The van der Waals surface area contributed by atoms with Crippen molar-refractivity contribution in [1.29, 1.82) is 0 Å². The standard InChI is InChI=1S/C21H27NO3/c1-21(2,3)25-20(23)22-11-17-16-10-6-9-15(14-7-4-5-8-14)18(16)13-24-19(17)12-22/h6-7,9-10,17,19H,4-5,8,11-13H2,1-3H3. The third kappa shape index (κ3) is 3.20. The number of fused-ring (bicyclic) bond motifs is 3. The average Bonchev–Trinajstić information content (AvgIpc) is 3.22. The van der Waals surface area contributed by atoms with E-state index in [0.717, 1.165) is 6.42 Å². The van der Waals surface area contributed by atoms with Gasteiger partial charge in [-0.3, -0.25) is 0 Å². The molecule has 0 spiro atoms. The zero-order chi connectivity index (χ0) is 17.6.